The number of H-pyrrole nitrogens is 1. The van der Waals surface area contributed by atoms with E-state index in [9.17, 15) is 5.26 Å². The van der Waals surface area contributed by atoms with Gasteiger partial charge in [-0.25, -0.2) is 0 Å². The Bertz CT molecular complexity index is 1390. The number of aryl methyl sites for hydroxylation is 1. The molecule has 166 valence electrons. The third-order valence-corrected chi connectivity index (χ3v) is 5.92. The Labute approximate surface area is 190 Å². The number of nitrogens with zero attached hydrogens (tertiary/aromatic N) is 3. The van der Waals surface area contributed by atoms with E-state index in [4.69, 9.17) is 19.9 Å². The molecule has 1 atom stereocenters. The lowest BCUT2D eigenvalue weighted by Gasteiger charge is -2.23. The number of methoxy groups -OCH3 is 1. The predicted molar refractivity (Wildman–Crippen MR) is 123 cm³/mol. The summed E-state index contributed by atoms with van der Waals surface area (Å²) < 4.78 is 18.9. The zero-order chi connectivity index (χ0) is 22.9. The summed E-state index contributed by atoms with van der Waals surface area (Å²) in [5.41, 5.74) is 10.2. The van der Waals surface area contributed by atoms with Crippen LogP contribution in [-0.4, -0.2) is 28.5 Å². The van der Waals surface area contributed by atoms with Crippen molar-refractivity contribution in [2.75, 3.05) is 13.7 Å². The van der Waals surface area contributed by atoms with Crippen LogP contribution in [0.25, 0.3) is 10.9 Å². The first kappa shape index (κ1) is 20.5. The molecule has 0 spiro atoms. The van der Waals surface area contributed by atoms with Crippen LogP contribution in [0.4, 0.5) is 0 Å². The fourth-order valence-corrected chi connectivity index (χ4v) is 4.33. The largest absolute Gasteiger partial charge is 0.497 e. The van der Waals surface area contributed by atoms with Crippen molar-refractivity contribution in [3.05, 3.63) is 83.0 Å². The summed E-state index contributed by atoms with van der Waals surface area (Å²) >= 11 is 0. The van der Waals surface area contributed by atoms with Gasteiger partial charge in [-0.15, -0.1) is 5.10 Å². The number of hydrogen-bond acceptors (Lipinski definition) is 6. The number of allylic oxidation sites excluding steroid dienone is 1. The lowest BCUT2D eigenvalue weighted by atomic mass is 9.84. The zero-order valence-electron chi connectivity index (χ0n) is 18.3. The van der Waals surface area contributed by atoms with Crippen molar-refractivity contribution in [1.29, 1.82) is 5.26 Å². The van der Waals surface area contributed by atoms with Gasteiger partial charge in [0.25, 0.3) is 0 Å². The molecule has 5 rings (SSSR count). The van der Waals surface area contributed by atoms with Crippen molar-refractivity contribution in [3.8, 4) is 23.4 Å². The average Bonchev–Trinajstić information content (AvgIpc) is 3.39. The van der Waals surface area contributed by atoms with E-state index in [0.717, 1.165) is 39.2 Å². The van der Waals surface area contributed by atoms with Crippen LogP contribution in [0, 0.1) is 18.3 Å². The molecule has 0 fully saturated rings. The number of para-hydroxylation sites is 1. The number of fused-ring (bicyclic) bond motifs is 2. The van der Waals surface area contributed by atoms with Crippen molar-refractivity contribution in [3.63, 3.8) is 0 Å². The topological polar surface area (TPSA) is 111 Å². The maximum absolute atomic E-state index is 9.90. The van der Waals surface area contributed by atoms with Crippen molar-refractivity contribution in [1.82, 2.24) is 14.8 Å². The molecule has 0 bridgehead atoms. The molecule has 8 nitrogen and oxygen atoms in total. The Balaban J connectivity index is 1.50. The molecule has 0 saturated carbocycles. The predicted octanol–water partition coefficient (Wildman–Crippen LogP) is 3.98. The van der Waals surface area contributed by atoms with Crippen LogP contribution in [0.1, 0.15) is 22.7 Å². The Hall–Kier alpha value is -4.38. The van der Waals surface area contributed by atoms with Gasteiger partial charge in [0.15, 0.2) is 0 Å². The van der Waals surface area contributed by atoms with E-state index in [1.165, 1.54) is 0 Å². The fourth-order valence-electron chi connectivity index (χ4n) is 4.33. The molecule has 1 aliphatic rings. The molecule has 0 saturated heterocycles. The highest BCUT2D eigenvalue weighted by Crippen LogP contribution is 2.45. The molecule has 33 heavy (non-hydrogen) atoms. The van der Waals surface area contributed by atoms with Crippen LogP contribution in [0.5, 0.6) is 17.4 Å². The van der Waals surface area contributed by atoms with Crippen molar-refractivity contribution in [2.45, 2.75) is 19.4 Å². The summed E-state index contributed by atoms with van der Waals surface area (Å²) in [6.45, 7) is 3.03. The third-order valence-electron chi connectivity index (χ3n) is 5.92. The van der Waals surface area contributed by atoms with E-state index in [1.54, 1.807) is 7.11 Å². The lowest BCUT2D eigenvalue weighted by Crippen LogP contribution is -2.21. The summed E-state index contributed by atoms with van der Waals surface area (Å²) in [6.07, 6.45) is 2.07. The summed E-state index contributed by atoms with van der Waals surface area (Å²) in [6, 6.07) is 17.9. The van der Waals surface area contributed by atoms with E-state index in [2.05, 4.69) is 39.2 Å². The van der Waals surface area contributed by atoms with Gasteiger partial charge in [-0.1, -0.05) is 18.2 Å². The Morgan fingerprint density at radius 3 is 2.70 bits per heavy atom. The SMILES string of the molecule is COc1ccc(OCCn2cc(C3C(C#N)=C(N)Oc4n[nH]c(C)c43)c3ccccc32)cc1. The molecular formula is C25H23N5O3. The first-order chi connectivity index (χ1) is 16.1. The van der Waals surface area contributed by atoms with E-state index in [0.29, 0.717) is 24.6 Å². The minimum absolute atomic E-state index is 0.0844. The number of aromatic nitrogens is 3. The molecule has 0 amide bonds. The van der Waals surface area contributed by atoms with Crippen LogP contribution in [0.2, 0.25) is 0 Å². The van der Waals surface area contributed by atoms with Gasteiger partial charge in [0, 0.05) is 28.4 Å². The number of hydrogen-bond donors (Lipinski definition) is 2. The van der Waals surface area contributed by atoms with Gasteiger partial charge in [-0.3, -0.25) is 5.10 Å². The minimum atomic E-state index is -0.369. The number of rotatable bonds is 6. The number of benzene rings is 2. The van der Waals surface area contributed by atoms with Crippen molar-refractivity contribution < 1.29 is 14.2 Å². The van der Waals surface area contributed by atoms with Gasteiger partial charge in [0.05, 0.1) is 19.6 Å². The van der Waals surface area contributed by atoms with E-state index >= 15 is 0 Å². The monoisotopic (exact) mass is 441 g/mol. The van der Waals surface area contributed by atoms with Gasteiger partial charge >= 0.3 is 0 Å². The smallest absolute Gasteiger partial charge is 0.244 e. The maximum Gasteiger partial charge on any atom is 0.244 e. The number of nitrogens with two attached hydrogens (primary N) is 1. The van der Waals surface area contributed by atoms with Gasteiger partial charge < -0.3 is 24.5 Å². The summed E-state index contributed by atoms with van der Waals surface area (Å²) in [5, 5.41) is 18.1. The average molecular weight is 441 g/mol. The normalized spacial score (nSPS) is 15.1. The minimum Gasteiger partial charge on any atom is -0.497 e. The highest BCUT2D eigenvalue weighted by molar-refractivity contribution is 5.86. The van der Waals surface area contributed by atoms with Crippen molar-refractivity contribution >= 4 is 10.9 Å². The summed E-state index contributed by atoms with van der Waals surface area (Å²) in [4.78, 5) is 0. The summed E-state index contributed by atoms with van der Waals surface area (Å²) in [5.74, 6) is 1.69. The van der Waals surface area contributed by atoms with E-state index in [1.807, 2.05) is 43.3 Å². The lowest BCUT2D eigenvalue weighted by molar-refractivity contribution is 0.299. The van der Waals surface area contributed by atoms with Crippen LogP contribution < -0.4 is 19.9 Å². The molecule has 0 aliphatic carbocycles. The maximum atomic E-state index is 9.90. The third kappa shape index (κ3) is 3.53. The molecule has 2 aromatic carbocycles. The fraction of sp³-hybridized carbons (Fsp3) is 0.200. The van der Waals surface area contributed by atoms with E-state index in [-0.39, 0.29) is 11.8 Å². The molecule has 2 aromatic heterocycles. The standard InChI is InChI=1S/C25H23N5O3/c1-15-22-23(19(13-26)24(27)33-25(22)29-28-15)20-14-30(21-6-4-3-5-18(20)21)11-12-32-17-9-7-16(31-2)8-10-17/h3-10,14,23H,11-12,27H2,1-2H3,(H,28,29). The quantitative estimate of drug-likeness (QED) is 0.468. The van der Waals surface area contributed by atoms with Crippen LogP contribution in [-0.2, 0) is 6.54 Å². The van der Waals surface area contributed by atoms with Crippen LogP contribution in [0.3, 0.4) is 0 Å². The molecule has 3 N–H and O–H groups in total. The summed E-state index contributed by atoms with van der Waals surface area (Å²) in [7, 11) is 1.64. The Morgan fingerprint density at radius 2 is 1.94 bits per heavy atom. The molecule has 4 aromatic rings. The molecule has 1 unspecified atom stereocenters. The molecule has 1 aliphatic heterocycles. The second kappa shape index (κ2) is 8.28. The molecule has 8 heteroatoms. The van der Waals surface area contributed by atoms with Gasteiger partial charge in [0.2, 0.25) is 11.8 Å². The van der Waals surface area contributed by atoms with Gasteiger partial charge in [-0.2, -0.15) is 5.26 Å². The van der Waals surface area contributed by atoms with Crippen LogP contribution in [0.15, 0.2) is 66.2 Å². The highest BCUT2D eigenvalue weighted by atomic mass is 16.5. The number of aromatic amines is 1. The van der Waals surface area contributed by atoms with Crippen LogP contribution >= 0.6 is 0 Å². The first-order valence-corrected chi connectivity index (χ1v) is 10.6. The van der Waals surface area contributed by atoms with Crippen molar-refractivity contribution in [2.24, 2.45) is 5.73 Å². The molecular weight excluding hydrogens is 418 g/mol. The molecule has 0 radical (unpaired) electrons. The second-order valence-electron chi connectivity index (χ2n) is 7.81. The Morgan fingerprint density at radius 1 is 1.18 bits per heavy atom. The van der Waals surface area contributed by atoms with Gasteiger partial charge in [0.1, 0.15) is 29.7 Å². The number of ether oxygens (including phenoxy) is 3. The number of nitrogens with one attached hydrogen (secondary N) is 1. The van der Waals surface area contributed by atoms with E-state index < -0.39 is 0 Å². The molecule has 3 heterocycles. The Kier molecular flexibility index (Phi) is 5.15. The highest BCUT2D eigenvalue weighted by Gasteiger charge is 2.35. The zero-order valence-corrected chi connectivity index (χ0v) is 18.3. The number of nitriles is 1. The van der Waals surface area contributed by atoms with Gasteiger partial charge in [-0.05, 0) is 42.8 Å². The first-order valence-electron chi connectivity index (χ1n) is 10.6. The second-order valence-corrected chi connectivity index (χ2v) is 7.81.